The zero-order chi connectivity index (χ0) is 32.4. The van der Waals surface area contributed by atoms with Crippen molar-refractivity contribution in [2.75, 3.05) is 27.3 Å². The lowest BCUT2D eigenvalue weighted by Crippen LogP contribution is -2.57. The van der Waals surface area contributed by atoms with Crippen molar-refractivity contribution in [3.63, 3.8) is 0 Å². The average molecular weight is 664 g/mol. The van der Waals surface area contributed by atoms with Crippen LogP contribution in [0.15, 0.2) is 18.2 Å². The van der Waals surface area contributed by atoms with Crippen LogP contribution in [0.4, 0.5) is 0 Å². The molecule has 2 saturated heterocycles. The number of fused-ring (bicyclic) bond motifs is 3. The Bertz CT molecular complexity index is 1510. The van der Waals surface area contributed by atoms with Crippen LogP contribution in [0.5, 0.6) is 17.2 Å². The SMILES string of the molecule is COc1cccc2c1C(=O)c1c(O)c3c(c(O)c1C2=O)CC(O)(C(C)O)CC3O[C@H]1C[C@H](N2CCC(OC)CC2)[C@H](O)[C@H](C)O1.Cl. The molecule has 46 heavy (non-hydrogen) atoms. The summed E-state index contributed by atoms with van der Waals surface area (Å²) in [5, 5.41) is 56.6. The molecule has 3 unspecified atom stereocenters. The number of carbonyl (C=O) groups is 2. The van der Waals surface area contributed by atoms with E-state index in [0.29, 0.717) is 0 Å². The highest BCUT2D eigenvalue weighted by Gasteiger charge is 2.50. The molecule has 0 radical (unpaired) electrons. The number of aliphatic hydroxyl groups is 3. The Morgan fingerprint density at radius 1 is 1.04 bits per heavy atom. The topological polar surface area (TPSA) is 175 Å². The highest BCUT2D eigenvalue weighted by molar-refractivity contribution is 6.31. The van der Waals surface area contributed by atoms with Crippen molar-refractivity contribution < 1.29 is 54.1 Å². The van der Waals surface area contributed by atoms with Crippen LogP contribution in [0, 0.1) is 0 Å². The minimum absolute atomic E-state index is 0. The number of hydrogen-bond acceptors (Lipinski definition) is 12. The molecule has 252 valence electrons. The van der Waals surface area contributed by atoms with E-state index >= 15 is 0 Å². The minimum Gasteiger partial charge on any atom is -0.507 e. The number of ketones is 2. The number of halogens is 1. The lowest BCUT2D eigenvalue weighted by Gasteiger charge is -2.47. The van der Waals surface area contributed by atoms with Crippen molar-refractivity contribution >= 4 is 24.0 Å². The van der Waals surface area contributed by atoms with Crippen LogP contribution in [-0.4, -0.2) is 112 Å². The summed E-state index contributed by atoms with van der Waals surface area (Å²) in [6.45, 7) is 4.58. The van der Waals surface area contributed by atoms with Crippen LogP contribution < -0.4 is 4.74 Å². The fraction of sp³-hybridized carbons (Fsp3) is 0.576. The van der Waals surface area contributed by atoms with Gasteiger partial charge in [0.1, 0.15) is 17.2 Å². The Morgan fingerprint density at radius 3 is 2.35 bits per heavy atom. The van der Waals surface area contributed by atoms with Crippen LogP contribution in [-0.2, 0) is 20.6 Å². The highest BCUT2D eigenvalue weighted by atomic mass is 35.5. The molecular weight excluding hydrogens is 622 g/mol. The van der Waals surface area contributed by atoms with Gasteiger partial charge in [0.15, 0.2) is 12.1 Å². The molecular formula is C33H42ClNO11. The monoisotopic (exact) mass is 663 g/mol. The molecule has 2 aromatic carbocycles. The van der Waals surface area contributed by atoms with Gasteiger partial charge in [0.2, 0.25) is 5.78 Å². The molecule has 0 bridgehead atoms. The van der Waals surface area contributed by atoms with Gasteiger partial charge in [0, 0.05) is 62.2 Å². The second-order valence-electron chi connectivity index (χ2n) is 12.7. The van der Waals surface area contributed by atoms with Gasteiger partial charge in [-0.1, -0.05) is 12.1 Å². The van der Waals surface area contributed by atoms with Gasteiger partial charge in [0.25, 0.3) is 0 Å². The molecule has 4 aliphatic rings. The molecule has 13 heteroatoms. The van der Waals surface area contributed by atoms with Crippen molar-refractivity contribution in [3.8, 4) is 17.2 Å². The van der Waals surface area contributed by atoms with Crippen molar-refractivity contribution in [2.45, 2.75) is 94.4 Å². The van der Waals surface area contributed by atoms with Gasteiger partial charge in [0.05, 0.1) is 59.9 Å². The number of methoxy groups -OCH3 is 2. The van der Waals surface area contributed by atoms with E-state index in [2.05, 4.69) is 4.90 Å². The largest absolute Gasteiger partial charge is 0.507 e. The number of rotatable bonds is 6. The number of phenolic OH excluding ortho intramolecular Hbond substituents is 2. The van der Waals surface area contributed by atoms with Gasteiger partial charge in [-0.25, -0.2) is 0 Å². The number of aliphatic hydroxyl groups excluding tert-OH is 2. The van der Waals surface area contributed by atoms with E-state index in [4.69, 9.17) is 18.9 Å². The molecule has 12 nitrogen and oxygen atoms in total. The fourth-order valence-electron chi connectivity index (χ4n) is 7.48. The maximum absolute atomic E-state index is 13.9. The van der Waals surface area contributed by atoms with Gasteiger partial charge in [-0.3, -0.25) is 14.5 Å². The van der Waals surface area contributed by atoms with E-state index in [9.17, 15) is 35.1 Å². The van der Waals surface area contributed by atoms with Crippen molar-refractivity contribution in [2.24, 2.45) is 0 Å². The van der Waals surface area contributed by atoms with E-state index in [0.717, 1.165) is 25.9 Å². The lowest BCUT2D eigenvalue weighted by atomic mass is 9.71. The first kappa shape index (κ1) is 34.5. The highest BCUT2D eigenvalue weighted by Crippen LogP contribution is 2.53. The van der Waals surface area contributed by atoms with Crippen molar-refractivity contribution in [1.29, 1.82) is 0 Å². The van der Waals surface area contributed by atoms with E-state index in [1.807, 2.05) is 0 Å². The number of benzene rings is 2. The Morgan fingerprint density at radius 2 is 1.72 bits per heavy atom. The summed E-state index contributed by atoms with van der Waals surface area (Å²) in [5.74, 6) is -2.35. The normalized spacial score (nSPS) is 30.5. The maximum Gasteiger partial charge on any atom is 0.202 e. The Labute approximate surface area is 273 Å². The molecule has 2 fully saturated rings. The molecule has 5 N–H and O–H groups in total. The standard InChI is InChI=1S/C33H41NO11.ClH/c1-15-28(36)20(34-10-8-17(42-3)9-11-34)12-23(44-15)45-22-14-33(41,16(2)35)13-19-25(22)32(40)27-26(30(19)38)29(37)18-6-5-7-21(43-4)24(18)31(27)39;/h5-7,15-17,20,22-23,28,35-36,38,40-41H,8-14H2,1-4H3;1H/t15-,16?,20-,22?,23-,28+,33?;/m0./s1. The summed E-state index contributed by atoms with van der Waals surface area (Å²) in [6, 6.07) is 4.22. The molecule has 2 heterocycles. The zero-order valence-corrected chi connectivity index (χ0v) is 27.1. The smallest absolute Gasteiger partial charge is 0.202 e. The van der Waals surface area contributed by atoms with E-state index in [1.54, 1.807) is 20.1 Å². The van der Waals surface area contributed by atoms with Gasteiger partial charge >= 0.3 is 0 Å². The second-order valence-corrected chi connectivity index (χ2v) is 12.7. The van der Waals surface area contributed by atoms with Crippen LogP contribution in [0.2, 0.25) is 0 Å². The molecule has 0 amide bonds. The Kier molecular flexibility index (Phi) is 9.76. The summed E-state index contributed by atoms with van der Waals surface area (Å²) in [4.78, 5) is 29.7. The van der Waals surface area contributed by atoms with Crippen LogP contribution in [0.1, 0.15) is 88.6 Å². The number of likely N-dealkylation sites (tertiary alicyclic amines) is 1. The van der Waals surface area contributed by atoms with Gasteiger partial charge in [-0.05, 0) is 32.8 Å². The van der Waals surface area contributed by atoms with Gasteiger partial charge < -0.3 is 44.5 Å². The Hall–Kier alpha value is -2.81. The van der Waals surface area contributed by atoms with Crippen molar-refractivity contribution in [3.05, 3.63) is 51.6 Å². The molecule has 7 atom stereocenters. The third kappa shape index (κ3) is 5.58. The van der Waals surface area contributed by atoms with Crippen LogP contribution >= 0.6 is 12.4 Å². The summed E-state index contributed by atoms with van der Waals surface area (Å²) in [7, 11) is 3.05. The van der Waals surface area contributed by atoms with Crippen molar-refractivity contribution in [1.82, 2.24) is 4.90 Å². The predicted octanol–water partition coefficient (Wildman–Crippen LogP) is 2.39. The summed E-state index contributed by atoms with van der Waals surface area (Å²) < 4.78 is 23.3. The molecule has 2 aromatic rings. The second kappa shape index (κ2) is 13.0. The van der Waals surface area contributed by atoms with E-state index in [1.165, 1.54) is 26.2 Å². The number of hydrogen-bond donors (Lipinski definition) is 5. The summed E-state index contributed by atoms with van der Waals surface area (Å²) >= 11 is 0. The van der Waals surface area contributed by atoms with Gasteiger partial charge in [-0.2, -0.15) is 0 Å². The zero-order valence-electron chi connectivity index (χ0n) is 26.3. The molecule has 0 saturated carbocycles. The number of nitrogens with zero attached hydrogens (tertiary/aromatic N) is 1. The minimum atomic E-state index is -1.81. The predicted molar refractivity (Wildman–Crippen MR) is 166 cm³/mol. The fourth-order valence-corrected chi connectivity index (χ4v) is 7.48. The molecule has 2 aliphatic heterocycles. The third-order valence-corrected chi connectivity index (χ3v) is 10.2. The number of piperidine rings is 1. The third-order valence-electron chi connectivity index (χ3n) is 10.2. The molecule has 0 aromatic heterocycles. The first-order valence-corrected chi connectivity index (χ1v) is 15.4. The molecule has 6 rings (SSSR count). The lowest BCUT2D eigenvalue weighted by molar-refractivity contribution is -0.262. The average Bonchev–Trinajstić information content (AvgIpc) is 3.02. The first-order valence-electron chi connectivity index (χ1n) is 15.4. The van der Waals surface area contributed by atoms with Gasteiger partial charge in [-0.15, -0.1) is 12.4 Å². The molecule has 2 aliphatic carbocycles. The van der Waals surface area contributed by atoms with Crippen LogP contribution in [0.3, 0.4) is 0 Å². The van der Waals surface area contributed by atoms with E-state index in [-0.39, 0.29) is 82.9 Å². The quantitative estimate of drug-likeness (QED) is 0.244. The number of phenols is 2. The van der Waals surface area contributed by atoms with E-state index < -0.39 is 59.4 Å². The van der Waals surface area contributed by atoms with Crippen LogP contribution in [0.25, 0.3) is 0 Å². The summed E-state index contributed by atoms with van der Waals surface area (Å²) in [6.07, 6.45) is -3.20. The Balaban J connectivity index is 0.00000417. The first-order chi connectivity index (χ1) is 21.4. The molecule has 0 spiro atoms. The number of ether oxygens (including phenoxy) is 4. The number of carbonyl (C=O) groups excluding carboxylic acids is 2. The maximum atomic E-state index is 13.9. The number of aromatic hydroxyl groups is 2. The summed E-state index contributed by atoms with van der Waals surface area (Å²) in [5.41, 5.74) is -2.54.